The van der Waals surface area contributed by atoms with Crippen LogP contribution >= 0.6 is 0 Å². The van der Waals surface area contributed by atoms with Gasteiger partial charge in [-0.05, 0) is 12.8 Å². The molecule has 10 heteroatoms. The molecule has 4 atom stereocenters. The summed E-state index contributed by atoms with van der Waals surface area (Å²) in [6, 6.07) is -0.480. The van der Waals surface area contributed by atoms with Crippen molar-refractivity contribution in [3.8, 4) is 0 Å². The molecule has 3 aliphatic heterocycles. The largest absolute Gasteiger partial charge is 0.356 e. The van der Waals surface area contributed by atoms with Crippen LogP contribution in [0.5, 0.6) is 0 Å². The van der Waals surface area contributed by atoms with E-state index in [1.807, 2.05) is 0 Å². The molecule has 0 aromatic rings. The minimum Gasteiger partial charge on any atom is -0.356 e. The maximum absolute atomic E-state index is 12.5. The maximum Gasteiger partial charge on any atom is 0.237 e. The number of rotatable bonds is 2. The van der Waals surface area contributed by atoms with Crippen LogP contribution < -0.4 is 26.0 Å². The normalized spacial score (nSPS) is 37.1. The van der Waals surface area contributed by atoms with E-state index in [0.29, 0.717) is 19.6 Å². The van der Waals surface area contributed by atoms with Gasteiger partial charge in [0.15, 0.2) is 0 Å². The van der Waals surface area contributed by atoms with Gasteiger partial charge in [0.05, 0.1) is 6.04 Å². The van der Waals surface area contributed by atoms with Crippen LogP contribution in [0.3, 0.4) is 0 Å². The van der Waals surface area contributed by atoms with Gasteiger partial charge in [-0.1, -0.05) is 6.42 Å². The monoisotopic (exact) mass is 373 g/mol. The summed E-state index contributed by atoms with van der Waals surface area (Å²) in [6.45, 7) is 2.40. The topological polar surface area (TPSA) is 128 Å². The van der Waals surface area contributed by atoms with Gasteiger partial charge in [0, 0.05) is 50.5 Å². The Bertz CT molecular complexity index is 611. The molecule has 0 saturated carbocycles. The maximum atomic E-state index is 12.5. The number of nitrogens with one attached hydrogen (secondary N) is 5. The van der Waals surface area contributed by atoms with Gasteiger partial charge in [-0.15, -0.1) is 0 Å². The first-order valence-corrected chi connectivity index (χ1v) is 10.6. The summed E-state index contributed by atoms with van der Waals surface area (Å²) in [4.78, 5) is 24.8. The van der Waals surface area contributed by atoms with Crippen LogP contribution in [0.1, 0.15) is 19.3 Å². The lowest BCUT2D eigenvalue weighted by Gasteiger charge is -2.25. The van der Waals surface area contributed by atoms with Gasteiger partial charge in [0.1, 0.15) is 5.88 Å². The molecule has 9 nitrogen and oxygen atoms in total. The number of hydrogen-bond acceptors (Lipinski definition) is 6. The van der Waals surface area contributed by atoms with Crippen LogP contribution in [0, 0.1) is 17.8 Å². The van der Waals surface area contributed by atoms with Gasteiger partial charge in [-0.3, -0.25) is 9.59 Å². The minimum atomic E-state index is -3.33. The first-order chi connectivity index (χ1) is 12.0. The van der Waals surface area contributed by atoms with Crippen LogP contribution in [0.4, 0.5) is 0 Å². The van der Waals surface area contributed by atoms with Crippen LogP contribution in [-0.4, -0.2) is 64.9 Å². The van der Waals surface area contributed by atoms with Crippen molar-refractivity contribution in [1.29, 1.82) is 0 Å². The second-order valence-corrected chi connectivity index (χ2v) is 8.91. The summed E-state index contributed by atoms with van der Waals surface area (Å²) in [5.41, 5.74) is 0. The van der Waals surface area contributed by atoms with Gasteiger partial charge in [-0.2, -0.15) is 0 Å². The molecule has 0 spiro atoms. The fourth-order valence-corrected chi connectivity index (χ4v) is 4.79. The Balaban J connectivity index is 1.64. The molecule has 3 rings (SSSR count). The highest BCUT2D eigenvalue weighted by atomic mass is 32.2. The average molecular weight is 373 g/mol. The summed E-state index contributed by atoms with van der Waals surface area (Å²) in [5.74, 6) is -0.436. The van der Waals surface area contributed by atoms with Crippen LogP contribution in [0.15, 0.2) is 0 Å². The molecule has 3 saturated heterocycles. The highest BCUT2D eigenvalue weighted by Crippen LogP contribution is 2.22. The molecule has 0 bridgehead atoms. The second-order valence-electron chi connectivity index (χ2n) is 7.11. The highest BCUT2D eigenvalue weighted by Gasteiger charge is 2.37. The van der Waals surface area contributed by atoms with Crippen LogP contribution in [0.25, 0.3) is 0 Å². The number of hydrogen-bond donors (Lipinski definition) is 5. The molecular weight excluding hydrogens is 346 g/mol. The summed E-state index contributed by atoms with van der Waals surface area (Å²) in [6.07, 6.45) is 2.83. The Labute approximate surface area is 148 Å². The van der Waals surface area contributed by atoms with E-state index in [-0.39, 0.29) is 42.0 Å². The van der Waals surface area contributed by atoms with Crippen molar-refractivity contribution in [3.63, 3.8) is 0 Å². The molecule has 3 heterocycles. The van der Waals surface area contributed by atoms with E-state index in [0.717, 1.165) is 25.8 Å². The SMILES string of the molecule is O=C1NCCCCC1C1CNC(=O)C(C2CNCS(=O)(=O)NC2)NC1. The van der Waals surface area contributed by atoms with E-state index in [2.05, 4.69) is 26.0 Å². The van der Waals surface area contributed by atoms with E-state index in [1.54, 1.807) is 0 Å². The molecule has 5 N–H and O–H groups in total. The van der Waals surface area contributed by atoms with Crippen molar-refractivity contribution in [2.75, 3.05) is 38.6 Å². The molecule has 142 valence electrons. The summed E-state index contributed by atoms with van der Waals surface area (Å²) in [7, 11) is -3.33. The predicted octanol–water partition coefficient (Wildman–Crippen LogP) is -2.30. The molecule has 3 aliphatic rings. The Morgan fingerprint density at radius 2 is 1.72 bits per heavy atom. The first kappa shape index (κ1) is 18.6. The zero-order valence-corrected chi connectivity index (χ0v) is 15.0. The summed E-state index contributed by atoms with van der Waals surface area (Å²) >= 11 is 0. The van der Waals surface area contributed by atoms with Crippen LogP contribution in [-0.2, 0) is 19.6 Å². The van der Waals surface area contributed by atoms with Crippen molar-refractivity contribution in [2.24, 2.45) is 17.8 Å². The number of carbonyl (C=O) groups excluding carboxylic acids is 2. The molecule has 0 aromatic carbocycles. The lowest BCUT2D eigenvalue weighted by Crippen LogP contribution is -2.51. The minimum absolute atomic E-state index is 0.0440. The number of sulfonamides is 1. The van der Waals surface area contributed by atoms with Gasteiger partial charge in [0.2, 0.25) is 21.8 Å². The fourth-order valence-electron chi connectivity index (χ4n) is 3.83. The van der Waals surface area contributed by atoms with E-state index >= 15 is 0 Å². The Hall–Kier alpha value is -1.23. The van der Waals surface area contributed by atoms with E-state index in [1.165, 1.54) is 0 Å². The number of amides is 2. The Kier molecular flexibility index (Phi) is 5.92. The van der Waals surface area contributed by atoms with Crippen molar-refractivity contribution in [3.05, 3.63) is 0 Å². The second kappa shape index (κ2) is 7.98. The molecule has 2 amide bonds. The van der Waals surface area contributed by atoms with Gasteiger partial charge >= 0.3 is 0 Å². The predicted molar refractivity (Wildman–Crippen MR) is 91.9 cm³/mol. The van der Waals surface area contributed by atoms with Crippen molar-refractivity contribution < 1.29 is 18.0 Å². The summed E-state index contributed by atoms with van der Waals surface area (Å²) < 4.78 is 25.8. The van der Waals surface area contributed by atoms with Gasteiger partial charge < -0.3 is 21.3 Å². The fraction of sp³-hybridized carbons (Fsp3) is 0.867. The third-order valence-corrected chi connectivity index (χ3v) is 6.49. The zero-order chi connectivity index (χ0) is 17.9. The summed E-state index contributed by atoms with van der Waals surface area (Å²) in [5, 5.41) is 12.0. The smallest absolute Gasteiger partial charge is 0.237 e. The quantitative estimate of drug-likeness (QED) is 0.370. The third-order valence-electron chi connectivity index (χ3n) is 5.30. The van der Waals surface area contributed by atoms with Gasteiger partial charge in [-0.25, -0.2) is 13.1 Å². The lowest BCUT2D eigenvalue weighted by molar-refractivity contribution is -0.127. The van der Waals surface area contributed by atoms with Crippen molar-refractivity contribution >= 4 is 21.8 Å². The first-order valence-electron chi connectivity index (χ1n) is 8.93. The molecule has 0 radical (unpaired) electrons. The zero-order valence-electron chi connectivity index (χ0n) is 14.2. The van der Waals surface area contributed by atoms with Crippen LogP contribution in [0.2, 0.25) is 0 Å². The standard InChI is InChI=1S/C15H27N5O4S/c21-14-12(3-1-2-4-17-14)10-6-18-13(15(22)19-7-10)11-5-16-9-25(23,24)20-8-11/h10-13,16,18,20H,1-9H2,(H,17,21)(H,19,22). The van der Waals surface area contributed by atoms with Crippen molar-refractivity contribution in [1.82, 2.24) is 26.0 Å². The van der Waals surface area contributed by atoms with Crippen molar-refractivity contribution in [2.45, 2.75) is 25.3 Å². The Morgan fingerprint density at radius 1 is 0.880 bits per heavy atom. The molecular formula is C15H27N5O4S. The third kappa shape index (κ3) is 4.69. The van der Waals surface area contributed by atoms with E-state index in [4.69, 9.17) is 0 Å². The van der Waals surface area contributed by atoms with E-state index in [9.17, 15) is 18.0 Å². The lowest BCUT2D eigenvalue weighted by atomic mass is 9.87. The molecule has 25 heavy (non-hydrogen) atoms. The molecule has 0 aromatic heterocycles. The molecule has 0 aliphatic carbocycles. The van der Waals surface area contributed by atoms with E-state index < -0.39 is 16.1 Å². The van der Waals surface area contributed by atoms with Gasteiger partial charge in [0.25, 0.3) is 0 Å². The Morgan fingerprint density at radius 3 is 2.56 bits per heavy atom. The molecule has 4 unspecified atom stereocenters. The molecule has 3 fully saturated rings. The average Bonchev–Trinajstić information content (AvgIpc) is 2.96. The highest BCUT2D eigenvalue weighted by molar-refractivity contribution is 7.89. The number of carbonyl (C=O) groups is 2.